The Morgan fingerprint density at radius 3 is 3.08 bits per heavy atom. The first kappa shape index (κ1) is 8.05. The van der Waals surface area contributed by atoms with Gasteiger partial charge >= 0.3 is 5.97 Å². The van der Waals surface area contributed by atoms with E-state index in [1.54, 1.807) is 0 Å². The van der Waals surface area contributed by atoms with Gasteiger partial charge in [0.05, 0.1) is 11.5 Å². The standard InChI is InChI=1S/C9H14O3/c1-9-5-3-2-4-7(9)11-6-12-8(9)10/h7H,2-6H2,1H3/t7-,9+/m0/s1. The summed E-state index contributed by atoms with van der Waals surface area (Å²) < 4.78 is 10.3. The summed E-state index contributed by atoms with van der Waals surface area (Å²) >= 11 is 0. The molecule has 2 rings (SSSR count). The number of fused-ring (bicyclic) bond motifs is 1. The third kappa shape index (κ3) is 1.04. The molecule has 0 unspecified atom stereocenters. The number of cyclic esters (lactones) is 1. The first-order valence-corrected chi connectivity index (χ1v) is 4.52. The molecular formula is C9H14O3. The maximum absolute atomic E-state index is 11.4. The highest BCUT2D eigenvalue weighted by atomic mass is 16.7. The topological polar surface area (TPSA) is 35.5 Å². The van der Waals surface area contributed by atoms with Gasteiger partial charge in [0, 0.05) is 0 Å². The highest BCUT2D eigenvalue weighted by molar-refractivity contribution is 5.77. The van der Waals surface area contributed by atoms with E-state index in [0.29, 0.717) is 0 Å². The van der Waals surface area contributed by atoms with Crippen molar-refractivity contribution in [2.75, 3.05) is 6.79 Å². The molecule has 1 saturated carbocycles. The van der Waals surface area contributed by atoms with Crippen LogP contribution in [0.1, 0.15) is 32.6 Å². The Bertz CT molecular complexity index is 200. The summed E-state index contributed by atoms with van der Waals surface area (Å²) in [7, 11) is 0. The average Bonchev–Trinajstić information content (AvgIpc) is 2.07. The molecule has 1 aliphatic heterocycles. The molecule has 3 nitrogen and oxygen atoms in total. The molecule has 0 aromatic carbocycles. The molecule has 0 aromatic heterocycles. The van der Waals surface area contributed by atoms with Gasteiger partial charge in [-0.1, -0.05) is 12.8 Å². The lowest BCUT2D eigenvalue weighted by molar-refractivity contribution is -0.218. The second kappa shape index (κ2) is 2.73. The summed E-state index contributed by atoms with van der Waals surface area (Å²) in [5, 5.41) is 0. The number of hydrogen-bond donors (Lipinski definition) is 0. The smallest absolute Gasteiger partial charge is 0.316 e. The molecule has 1 aliphatic carbocycles. The Balaban J connectivity index is 2.20. The molecule has 3 heteroatoms. The van der Waals surface area contributed by atoms with Crippen LogP contribution < -0.4 is 0 Å². The van der Waals surface area contributed by atoms with Crippen LogP contribution in [0.2, 0.25) is 0 Å². The van der Waals surface area contributed by atoms with Crippen LogP contribution in [-0.4, -0.2) is 18.9 Å². The third-order valence-corrected chi connectivity index (χ3v) is 3.05. The number of esters is 1. The summed E-state index contributed by atoms with van der Waals surface area (Å²) in [6, 6.07) is 0. The van der Waals surface area contributed by atoms with Crippen LogP contribution in [0.4, 0.5) is 0 Å². The van der Waals surface area contributed by atoms with Crippen molar-refractivity contribution in [3.05, 3.63) is 0 Å². The van der Waals surface area contributed by atoms with Crippen molar-refractivity contribution in [2.24, 2.45) is 5.41 Å². The fourth-order valence-electron chi connectivity index (χ4n) is 2.14. The van der Waals surface area contributed by atoms with E-state index in [2.05, 4.69) is 0 Å². The van der Waals surface area contributed by atoms with Crippen molar-refractivity contribution >= 4 is 5.97 Å². The first-order chi connectivity index (χ1) is 5.73. The molecule has 12 heavy (non-hydrogen) atoms. The largest absolute Gasteiger partial charge is 0.438 e. The van der Waals surface area contributed by atoms with Crippen LogP contribution in [0.25, 0.3) is 0 Å². The molecule has 0 amide bonds. The van der Waals surface area contributed by atoms with E-state index in [1.807, 2.05) is 6.92 Å². The van der Waals surface area contributed by atoms with Gasteiger partial charge in [0.25, 0.3) is 0 Å². The van der Waals surface area contributed by atoms with Crippen molar-refractivity contribution in [1.82, 2.24) is 0 Å². The molecule has 1 heterocycles. The van der Waals surface area contributed by atoms with Gasteiger partial charge in [0.15, 0.2) is 6.79 Å². The van der Waals surface area contributed by atoms with Gasteiger partial charge in [-0.2, -0.15) is 0 Å². The number of carbonyl (C=O) groups is 1. The molecule has 0 aromatic rings. The number of hydrogen-bond acceptors (Lipinski definition) is 3. The minimum absolute atomic E-state index is 0.0709. The third-order valence-electron chi connectivity index (χ3n) is 3.05. The van der Waals surface area contributed by atoms with Crippen LogP contribution in [0.15, 0.2) is 0 Å². The van der Waals surface area contributed by atoms with Crippen LogP contribution in [0, 0.1) is 5.41 Å². The zero-order valence-electron chi connectivity index (χ0n) is 7.34. The second-order valence-electron chi connectivity index (χ2n) is 3.87. The molecule has 68 valence electrons. The van der Waals surface area contributed by atoms with Crippen LogP contribution in [-0.2, 0) is 14.3 Å². The van der Waals surface area contributed by atoms with Crippen molar-refractivity contribution < 1.29 is 14.3 Å². The van der Waals surface area contributed by atoms with E-state index < -0.39 is 0 Å². The Morgan fingerprint density at radius 2 is 2.33 bits per heavy atom. The van der Waals surface area contributed by atoms with E-state index in [9.17, 15) is 4.79 Å². The Labute approximate surface area is 72.0 Å². The minimum atomic E-state index is -0.351. The average molecular weight is 170 g/mol. The van der Waals surface area contributed by atoms with Gasteiger partial charge < -0.3 is 9.47 Å². The lowest BCUT2D eigenvalue weighted by Gasteiger charge is -2.41. The SMILES string of the molecule is C[C@@]12CCCC[C@@H]1OCOC2=O. The molecule has 0 radical (unpaired) electrons. The Morgan fingerprint density at radius 1 is 1.50 bits per heavy atom. The van der Waals surface area contributed by atoms with Gasteiger partial charge in [-0.25, -0.2) is 0 Å². The monoisotopic (exact) mass is 170 g/mol. The zero-order valence-corrected chi connectivity index (χ0v) is 7.34. The normalized spacial score (nSPS) is 41.8. The fraction of sp³-hybridized carbons (Fsp3) is 0.889. The molecule has 2 fully saturated rings. The van der Waals surface area contributed by atoms with E-state index >= 15 is 0 Å². The van der Waals surface area contributed by atoms with E-state index in [1.165, 1.54) is 6.42 Å². The summed E-state index contributed by atoms with van der Waals surface area (Å²) in [5.74, 6) is -0.0709. The quantitative estimate of drug-likeness (QED) is 0.516. The molecule has 2 atom stereocenters. The van der Waals surface area contributed by atoms with Crippen LogP contribution in [0.5, 0.6) is 0 Å². The fourth-order valence-corrected chi connectivity index (χ4v) is 2.14. The summed E-state index contributed by atoms with van der Waals surface area (Å²) in [6.07, 6.45) is 4.31. The van der Waals surface area contributed by atoms with E-state index in [4.69, 9.17) is 9.47 Å². The summed E-state index contributed by atoms with van der Waals surface area (Å²) in [5.41, 5.74) is -0.351. The molecular weight excluding hydrogens is 156 g/mol. The predicted octanol–water partition coefficient (Wildman–Crippen LogP) is 1.47. The summed E-state index contributed by atoms with van der Waals surface area (Å²) in [4.78, 5) is 11.4. The maximum Gasteiger partial charge on any atom is 0.316 e. The minimum Gasteiger partial charge on any atom is -0.438 e. The molecule has 2 aliphatic rings. The number of ether oxygens (including phenoxy) is 2. The van der Waals surface area contributed by atoms with Gasteiger partial charge in [-0.05, 0) is 19.8 Å². The van der Waals surface area contributed by atoms with Gasteiger partial charge in [0.1, 0.15) is 0 Å². The van der Waals surface area contributed by atoms with Gasteiger partial charge in [-0.3, -0.25) is 4.79 Å². The maximum atomic E-state index is 11.4. The summed E-state index contributed by atoms with van der Waals surface area (Å²) in [6.45, 7) is 2.11. The molecule has 1 saturated heterocycles. The van der Waals surface area contributed by atoms with Crippen molar-refractivity contribution in [1.29, 1.82) is 0 Å². The Hall–Kier alpha value is -0.570. The predicted molar refractivity (Wildman–Crippen MR) is 42.4 cm³/mol. The van der Waals surface area contributed by atoms with Crippen molar-refractivity contribution in [2.45, 2.75) is 38.7 Å². The van der Waals surface area contributed by atoms with Crippen LogP contribution >= 0.6 is 0 Å². The number of carbonyl (C=O) groups excluding carboxylic acids is 1. The first-order valence-electron chi connectivity index (χ1n) is 4.52. The van der Waals surface area contributed by atoms with Gasteiger partial charge in [-0.15, -0.1) is 0 Å². The lowest BCUT2D eigenvalue weighted by atomic mass is 9.73. The second-order valence-corrected chi connectivity index (χ2v) is 3.87. The highest BCUT2D eigenvalue weighted by Gasteiger charge is 2.47. The van der Waals surface area contributed by atoms with Gasteiger partial charge in [0.2, 0.25) is 0 Å². The molecule has 0 spiro atoms. The van der Waals surface area contributed by atoms with Crippen molar-refractivity contribution in [3.63, 3.8) is 0 Å². The van der Waals surface area contributed by atoms with E-state index in [-0.39, 0.29) is 24.3 Å². The highest BCUT2D eigenvalue weighted by Crippen LogP contribution is 2.41. The lowest BCUT2D eigenvalue weighted by Crippen LogP contribution is -2.49. The van der Waals surface area contributed by atoms with E-state index in [0.717, 1.165) is 19.3 Å². The number of rotatable bonds is 0. The Kier molecular flexibility index (Phi) is 1.83. The van der Waals surface area contributed by atoms with Crippen LogP contribution in [0.3, 0.4) is 0 Å². The molecule has 0 bridgehead atoms. The molecule has 0 N–H and O–H groups in total. The zero-order chi connectivity index (χ0) is 8.60. The van der Waals surface area contributed by atoms with Crippen molar-refractivity contribution in [3.8, 4) is 0 Å².